The van der Waals surface area contributed by atoms with Gasteiger partial charge in [-0.25, -0.2) is 4.79 Å². The van der Waals surface area contributed by atoms with Crippen molar-refractivity contribution in [2.45, 2.75) is 6.10 Å². The number of aliphatic carboxylic acids is 1. The summed E-state index contributed by atoms with van der Waals surface area (Å²) in [4.78, 5) is 25.2. The summed E-state index contributed by atoms with van der Waals surface area (Å²) in [5.41, 5.74) is -0.0346. The molecule has 0 spiro atoms. The lowest BCUT2D eigenvalue weighted by Crippen LogP contribution is -2.36. The molecule has 7 nitrogen and oxygen atoms in total. The summed E-state index contributed by atoms with van der Waals surface area (Å²) in [6.45, 7) is -0.435. The topological polar surface area (TPSA) is 120 Å². The molecule has 0 aliphatic heterocycles. The predicted molar refractivity (Wildman–Crippen MR) is 51.9 cm³/mol. The van der Waals surface area contributed by atoms with E-state index in [1.165, 1.54) is 12.3 Å². The van der Waals surface area contributed by atoms with Crippen LogP contribution in [-0.4, -0.2) is 44.8 Å². The number of aromatic nitrogens is 1. The van der Waals surface area contributed by atoms with E-state index in [0.29, 0.717) is 0 Å². The standard InChI is InChI=1S/C9H10N2O5/c12-6-3-10-2-1-5(6)8(14)11-4-7(13)9(15)16/h1-3,7,12-13H,4H2,(H,11,14)(H,15,16)/t7-/m0/s1. The SMILES string of the molecule is O=C(NC[C@H](O)C(=O)O)c1ccncc1O. The summed E-state index contributed by atoms with van der Waals surface area (Å²) in [7, 11) is 0. The number of rotatable bonds is 4. The Morgan fingerprint density at radius 2 is 2.19 bits per heavy atom. The fraction of sp³-hybridized carbons (Fsp3) is 0.222. The highest BCUT2D eigenvalue weighted by Gasteiger charge is 2.16. The molecule has 1 aromatic heterocycles. The molecule has 16 heavy (non-hydrogen) atoms. The van der Waals surface area contributed by atoms with Crippen molar-refractivity contribution in [3.05, 3.63) is 24.0 Å². The molecule has 1 heterocycles. The molecule has 1 rings (SSSR count). The molecule has 86 valence electrons. The van der Waals surface area contributed by atoms with E-state index < -0.39 is 24.5 Å². The highest BCUT2D eigenvalue weighted by Crippen LogP contribution is 2.12. The summed E-state index contributed by atoms with van der Waals surface area (Å²) in [5.74, 6) is -2.43. The fourth-order valence-corrected chi connectivity index (χ4v) is 0.950. The normalized spacial score (nSPS) is 11.8. The summed E-state index contributed by atoms with van der Waals surface area (Å²) >= 11 is 0. The van der Waals surface area contributed by atoms with E-state index in [2.05, 4.69) is 10.3 Å². The number of carboxylic acids is 1. The van der Waals surface area contributed by atoms with Gasteiger partial charge in [0.2, 0.25) is 0 Å². The van der Waals surface area contributed by atoms with Crippen molar-refractivity contribution < 1.29 is 24.9 Å². The first-order valence-electron chi connectivity index (χ1n) is 4.34. The number of carboxylic acid groups (broad SMARTS) is 1. The molecule has 1 amide bonds. The Morgan fingerprint density at radius 1 is 1.50 bits per heavy atom. The van der Waals surface area contributed by atoms with Crippen molar-refractivity contribution >= 4 is 11.9 Å². The number of nitrogens with zero attached hydrogens (tertiary/aromatic N) is 1. The van der Waals surface area contributed by atoms with E-state index >= 15 is 0 Å². The largest absolute Gasteiger partial charge is 0.505 e. The van der Waals surface area contributed by atoms with Crippen LogP contribution >= 0.6 is 0 Å². The van der Waals surface area contributed by atoms with Crippen LogP contribution in [0.5, 0.6) is 5.75 Å². The third kappa shape index (κ3) is 2.92. The van der Waals surface area contributed by atoms with Gasteiger partial charge in [-0.1, -0.05) is 0 Å². The molecule has 0 aromatic carbocycles. The number of carbonyl (C=O) groups is 2. The predicted octanol–water partition coefficient (Wildman–Crippen LogP) is -1.04. The smallest absolute Gasteiger partial charge is 0.334 e. The van der Waals surface area contributed by atoms with Crippen LogP contribution in [0.15, 0.2) is 18.5 Å². The summed E-state index contributed by atoms with van der Waals surface area (Å²) in [6.07, 6.45) is 0.720. The minimum atomic E-state index is -1.67. The van der Waals surface area contributed by atoms with Crippen molar-refractivity contribution in [3.63, 3.8) is 0 Å². The molecule has 7 heteroatoms. The van der Waals surface area contributed by atoms with Crippen molar-refractivity contribution in [2.24, 2.45) is 0 Å². The third-order valence-electron chi connectivity index (χ3n) is 1.79. The minimum Gasteiger partial charge on any atom is -0.505 e. The van der Waals surface area contributed by atoms with Gasteiger partial charge in [-0.15, -0.1) is 0 Å². The Bertz CT molecular complexity index is 407. The van der Waals surface area contributed by atoms with Gasteiger partial charge in [-0.05, 0) is 6.07 Å². The molecule has 0 fully saturated rings. The van der Waals surface area contributed by atoms with E-state index in [1.807, 2.05) is 0 Å². The van der Waals surface area contributed by atoms with Crippen LogP contribution in [0.4, 0.5) is 0 Å². The van der Waals surface area contributed by atoms with E-state index in [9.17, 15) is 14.7 Å². The summed E-state index contributed by atoms with van der Waals surface area (Å²) in [6, 6.07) is 1.28. The fourth-order valence-electron chi connectivity index (χ4n) is 0.950. The van der Waals surface area contributed by atoms with Crippen LogP contribution in [-0.2, 0) is 4.79 Å². The zero-order chi connectivity index (χ0) is 12.1. The summed E-state index contributed by atoms with van der Waals surface area (Å²) in [5, 5.41) is 28.7. The van der Waals surface area contributed by atoms with Crippen LogP contribution in [0, 0.1) is 0 Å². The Labute approximate surface area is 90.4 Å². The second-order valence-corrected chi connectivity index (χ2v) is 2.96. The van der Waals surface area contributed by atoms with Crippen molar-refractivity contribution in [1.82, 2.24) is 10.3 Å². The first kappa shape index (κ1) is 11.9. The molecule has 0 unspecified atom stereocenters. The highest BCUT2D eigenvalue weighted by atomic mass is 16.4. The maximum atomic E-state index is 11.4. The molecule has 0 bridgehead atoms. The zero-order valence-corrected chi connectivity index (χ0v) is 8.12. The van der Waals surface area contributed by atoms with Crippen molar-refractivity contribution in [1.29, 1.82) is 0 Å². The van der Waals surface area contributed by atoms with Crippen LogP contribution in [0.2, 0.25) is 0 Å². The van der Waals surface area contributed by atoms with E-state index in [-0.39, 0.29) is 11.3 Å². The third-order valence-corrected chi connectivity index (χ3v) is 1.79. The lowest BCUT2D eigenvalue weighted by Gasteiger charge is -2.08. The van der Waals surface area contributed by atoms with Gasteiger partial charge in [0.25, 0.3) is 5.91 Å². The molecule has 1 atom stereocenters. The molecule has 0 aliphatic rings. The number of hydrogen-bond acceptors (Lipinski definition) is 5. The molecular formula is C9H10N2O5. The number of carbonyl (C=O) groups excluding carboxylic acids is 1. The maximum Gasteiger partial charge on any atom is 0.334 e. The van der Waals surface area contributed by atoms with Crippen molar-refractivity contribution in [3.8, 4) is 5.75 Å². The van der Waals surface area contributed by atoms with E-state index in [4.69, 9.17) is 10.2 Å². The summed E-state index contributed by atoms with van der Waals surface area (Å²) < 4.78 is 0. The van der Waals surface area contributed by atoms with Gasteiger partial charge < -0.3 is 20.6 Å². The van der Waals surface area contributed by atoms with E-state index in [1.54, 1.807) is 0 Å². The Hall–Kier alpha value is -2.15. The van der Waals surface area contributed by atoms with Gasteiger partial charge in [0, 0.05) is 6.20 Å². The van der Waals surface area contributed by atoms with Gasteiger partial charge in [-0.2, -0.15) is 0 Å². The molecule has 0 radical (unpaired) electrons. The Morgan fingerprint density at radius 3 is 2.75 bits per heavy atom. The second kappa shape index (κ2) is 5.08. The van der Waals surface area contributed by atoms with Crippen molar-refractivity contribution in [2.75, 3.05) is 6.54 Å². The number of aliphatic hydroxyl groups is 1. The van der Waals surface area contributed by atoms with Gasteiger partial charge >= 0.3 is 5.97 Å². The molecule has 0 saturated carbocycles. The monoisotopic (exact) mass is 226 g/mol. The number of hydrogen-bond donors (Lipinski definition) is 4. The number of nitrogens with one attached hydrogen (secondary N) is 1. The van der Waals surface area contributed by atoms with Crippen LogP contribution in [0.25, 0.3) is 0 Å². The quantitative estimate of drug-likeness (QED) is 0.520. The maximum absolute atomic E-state index is 11.4. The number of pyridine rings is 1. The Kier molecular flexibility index (Phi) is 3.78. The molecular weight excluding hydrogens is 216 g/mol. The average Bonchev–Trinajstić information content (AvgIpc) is 2.25. The Balaban J connectivity index is 2.60. The van der Waals surface area contributed by atoms with Crippen LogP contribution in [0.1, 0.15) is 10.4 Å². The van der Waals surface area contributed by atoms with Gasteiger partial charge in [0.05, 0.1) is 18.3 Å². The lowest BCUT2D eigenvalue weighted by atomic mass is 10.2. The zero-order valence-electron chi connectivity index (χ0n) is 8.12. The van der Waals surface area contributed by atoms with Crippen LogP contribution < -0.4 is 5.32 Å². The minimum absolute atomic E-state index is 0.0346. The van der Waals surface area contributed by atoms with Gasteiger partial charge in [-0.3, -0.25) is 9.78 Å². The van der Waals surface area contributed by atoms with Crippen LogP contribution in [0.3, 0.4) is 0 Å². The first-order chi connectivity index (χ1) is 7.52. The van der Waals surface area contributed by atoms with E-state index in [0.717, 1.165) is 6.20 Å². The molecule has 0 aliphatic carbocycles. The second-order valence-electron chi connectivity index (χ2n) is 2.96. The number of amides is 1. The molecule has 4 N–H and O–H groups in total. The van der Waals surface area contributed by atoms with Gasteiger partial charge in [0.15, 0.2) is 6.10 Å². The average molecular weight is 226 g/mol. The first-order valence-corrected chi connectivity index (χ1v) is 4.34. The number of aromatic hydroxyl groups is 1. The molecule has 0 saturated heterocycles. The highest BCUT2D eigenvalue weighted by molar-refractivity contribution is 5.96. The van der Waals surface area contributed by atoms with Gasteiger partial charge in [0.1, 0.15) is 5.75 Å². The molecule has 1 aromatic rings. The number of aliphatic hydroxyl groups excluding tert-OH is 1. The lowest BCUT2D eigenvalue weighted by molar-refractivity contribution is -0.146.